The van der Waals surface area contributed by atoms with E-state index >= 15 is 0 Å². The molecule has 0 radical (unpaired) electrons. The fraction of sp³-hybridized carbons (Fsp3) is 0.500. The number of nitrogens with two attached hydrogens (primary N) is 1. The Kier molecular flexibility index (Phi) is 5.11. The Morgan fingerprint density at radius 1 is 1.65 bits per heavy atom. The van der Waals surface area contributed by atoms with Gasteiger partial charge < -0.3 is 10.5 Å². The summed E-state index contributed by atoms with van der Waals surface area (Å²) in [6, 6.07) is 1.46. The summed E-state index contributed by atoms with van der Waals surface area (Å²) >= 11 is 5.75. The highest BCUT2D eigenvalue weighted by Crippen LogP contribution is 2.16. The molecule has 0 saturated heterocycles. The molecule has 1 aromatic rings. The average molecular weight is 259 g/mol. The topological polar surface area (TPSA) is 90.1 Å². The van der Waals surface area contributed by atoms with Gasteiger partial charge in [0.1, 0.15) is 5.15 Å². The molecule has 0 bridgehead atoms. The van der Waals surface area contributed by atoms with Gasteiger partial charge in [-0.2, -0.15) is 4.98 Å². The van der Waals surface area contributed by atoms with Gasteiger partial charge in [0.25, 0.3) is 0 Å². The zero-order chi connectivity index (χ0) is 12.8. The van der Waals surface area contributed by atoms with Crippen molar-refractivity contribution in [1.82, 2.24) is 9.97 Å². The van der Waals surface area contributed by atoms with Gasteiger partial charge in [0.15, 0.2) is 0 Å². The zero-order valence-electron chi connectivity index (χ0n) is 9.74. The van der Waals surface area contributed by atoms with Crippen LogP contribution in [0.4, 0.5) is 5.95 Å². The van der Waals surface area contributed by atoms with Crippen molar-refractivity contribution in [2.45, 2.75) is 13.3 Å². The van der Waals surface area contributed by atoms with E-state index in [4.69, 9.17) is 22.1 Å². The summed E-state index contributed by atoms with van der Waals surface area (Å²) in [5.41, 5.74) is 5.38. The minimum atomic E-state index is -0.200. The Morgan fingerprint density at radius 2 is 2.35 bits per heavy atom. The molecule has 1 aromatic heterocycles. The first kappa shape index (κ1) is 13.7. The molecule has 6 nitrogen and oxygen atoms in total. The molecule has 1 rings (SSSR count). The van der Waals surface area contributed by atoms with E-state index in [2.05, 4.69) is 15.3 Å². The standard InChI is InChI=1S/C10H15ClN4O2/c1-6(3-4-12)9(16)15-10-13-7(11)5-8(14-10)17-2/h5-6H,3-4,12H2,1-2H3,(H,13,14,15,16). The maximum atomic E-state index is 11.7. The minimum Gasteiger partial charge on any atom is -0.481 e. The highest BCUT2D eigenvalue weighted by molar-refractivity contribution is 6.29. The van der Waals surface area contributed by atoms with Crippen molar-refractivity contribution in [2.24, 2.45) is 11.7 Å². The van der Waals surface area contributed by atoms with Gasteiger partial charge in [-0.15, -0.1) is 0 Å². The second kappa shape index (κ2) is 6.36. The summed E-state index contributed by atoms with van der Waals surface area (Å²) in [6.45, 7) is 2.23. The first-order chi connectivity index (χ1) is 8.06. The normalized spacial score (nSPS) is 12.0. The van der Waals surface area contributed by atoms with Crippen molar-refractivity contribution in [1.29, 1.82) is 0 Å². The SMILES string of the molecule is COc1cc(Cl)nc(NC(=O)C(C)CCN)n1. The van der Waals surface area contributed by atoms with Crippen LogP contribution in [-0.4, -0.2) is 29.5 Å². The van der Waals surface area contributed by atoms with Gasteiger partial charge in [-0.25, -0.2) is 4.98 Å². The summed E-state index contributed by atoms with van der Waals surface area (Å²) in [4.78, 5) is 19.5. The third-order valence-electron chi connectivity index (χ3n) is 2.16. The van der Waals surface area contributed by atoms with Crippen molar-refractivity contribution >= 4 is 23.5 Å². The van der Waals surface area contributed by atoms with Crippen LogP contribution in [0.3, 0.4) is 0 Å². The predicted molar refractivity (Wildman–Crippen MR) is 65.1 cm³/mol. The molecular weight excluding hydrogens is 244 g/mol. The highest BCUT2D eigenvalue weighted by atomic mass is 35.5. The van der Waals surface area contributed by atoms with Crippen LogP contribution in [0, 0.1) is 5.92 Å². The lowest BCUT2D eigenvalue weighted by Crippen LogP contribution is -2.23. The molecule has 1 amide bonds. The van der Waals surface area contributed by atoms with Gasteiger partial charge in [0.05, 0.1) is 7.11 Å². The Bertz CT molecular complexity index is 400. The molecule has 0 saturated carbocycles. The third kappa shape index (κ3) is 4.16. The number of carbonyl (C=O) groups is 1. The lowest BCUT2D eigenvalue weighted by Gasteiger charge is -2.10. The molecule has 0 aliphatic carbocycles. The Hall–Kier alpha value is -1.40. The third-order valence-corrected chi connectivity index (χ3v) is 2.36. The molecule has 1 heterocycles. The smallest absolute Gasteiger partial charge is 0.234 e. The van der Waals surface area contributed by atoms with E-state index in [0.717, 1.165) is 0 Å². The Morgan fingerprint density at radius 3 is 2.94 bits per heavy atom. The maximum Gasteiger partial charge on any atom is 0.234 e. The number of methoxy groups -OCH3 is 1. The number of ether oxygens (including phenoxy) is 1. The fourth-order valence-electron chi connectivity index (χ4n) is 1.17. The van der Waals surface area contributed by atoms with E-state index < -0.39 is 0 Å². The molecule has 7 heteroatoms. The predicted octanol–water partition coefficient (Wildman–Crippen LogP) is 1.06. The second-order valence-electron chi connectivity index (χ2n) is 3.52. The van der Waals surface area contributed by atoms with Crippen LogP contribution in [0.1, 0.15) is 13.3 Å². The molecule has 1 unspecified atom stereocenters. The Balaban J connectivity index is 2.74. The summed E-state index contributed by atoms with van der Waals surface area (Å²) in [6.07, 6.45) is 0.601. The van der Waals surface area contributed by atoms with E-state index in [0.29, 0.717) is 18.8 Å². The summed E-state index contributed by atoms with van der Waals surface area (Å²) in [7, 11) is 1.46. The number of nitrogens with one attached hydrogen (secondary N) is 1. The van der Waals surface area contributed by atoms with Gasteiger partial charge in [-0.3, -0.25) is 10.1 Å². The Labute approximate surface area is 105 Å². The van der Waals surface area contributed by atoms with Crippen LogP contribution in [0.2, 0.25) is 5.15 Å². The molecule has 0 fully saturated rings. The quantitative estimate of drug-likeness (QED) is 0.771. The van der Waals surface area contributed by atoms with Gasteiger partial charge in [0.2, 0.25) is 17.7 Å². The van der Waals surface area contributed by atoms with Crippen molar-refractivity contribution in [3.63, 3.8) is 0 Å². The second-order valence-corrected chi connectivity index (χ2v) is 3.91. The summed E-state index contributed by atoms with van der Waals surface area (Å²) < 4.78 is 4.92. The van der Waals surface area contributed by atoms with Crippen LogP contribution in [0.15, 0.2) is 6.07 Å². The highest BCUT2D eigenvalue weighted by Gasteiger charge is 2.14. The number of rotatable bonds is 5. The summed E-state index contributed by atoms with van der Waals surface area (Å²) in [5.74, 6) is 0.0309. The molecular formula is C10H15ClN4O2. The summed E-state index contributed by atoms with van der Waals surface area (Å²) in [5, 5.41) is 2.77. The lowest BCUT2D eigenvalue weighted by atomic mass is 10.1. The van der Waals surface area contributed by atoms with Crippen molar-refractivity contribution in [3.8, 4) is 5.88 Å². The van der Waals surface area contributed by atoms with Crippen LogP contribution < -0.4 is 15.8 Å². The molecule has 0 aliphatic rings. The fourth-order valence-corrected chi connectivity index (χ4v) is 1.35. The van der Waals surface area contributed by atoms with Crippen molar-refractivity contribution in [3.05, 3.63) is 11.2 Å². The number of aromatic nitrogens is 2. The molecule has 1 atom stereocenters. The van der Waals surface area contributed by atoms with E-state index in [9.17, 15) is 4.79 Å². The monoisotopic (exact) mass is 258 g/mol. The molecule has 17 heavy (non-hydrogen) atoms. The number of nitrogens with zero attached hydrogens (tertiary/aromatic N) is 2. The van der Waals surface area contributed by atoms with Crippen LogP contribution >= 0.6 is 11.6 Å². The van der Waals surface area contributed by atoms with Gasteiger partial charge in [-0.1, -0.05) is 18.5 Å². The average Bonchev–Trinajstić information content (AvgIpc) is 2.28. The van der Waals surface area contributed by atoms with Crippen LogP contribution in [0.5, 0.6) is 5.88 Å². The van der Waals surface area contributed by atoms with Gasteiger partial charge in [-0.05, 0) is 13.0 Å². The first-order valence-corrected chi connectivity index (χ1v) is 5.54. The molecule has 3 N–H and O–H groups in total. The molecule has 0 spiro atoms. The van der Waals surface area contributed by atoms with Crippen LogP contribution in [-0.2, 0) is 4.79 Å². The first-order valence-electron chi connectivity index (χ1n) is 5.16. The number of hydrogen-bond donors (Lipinski definition) is 2. The molecule has 0 aliphatic heterocycles. The van der Waals surface area contributed by atoms with Gasteiger partial charge >= 0.3 is 0 Å². The number of halogens is 1. The minimum absolute atomic E-state index is 0.128. The van der Waals surface area contributed by atoms with Crippen molar-refractivity contribution in [2.75, 3.05) is 19.0 Å². The number of carbonyl (C=O) groups excluding carboxylic acids is 1. The van der Waals surface area contributed by atoms with Crippen LogP contribution in [0.25, 0.3) is 0 Å². The van der Waals surface area contributed by atoms with E-state index in [1.54, 1.807) is 6.92 Å². The number of amides is 1. The molecule has 94 valence electrons. The lowest BCUT2D eigenvalue weighted by molar-refractivity contribution is -0.119. The maximum absolute atomic E-state index is 11.7. The van der Waals surface area contributed by atoms with E-state index in [-0.39, 0.29) is 22.9 Å². The van der Waals surface area contributed by atoms with Gasteiger partial charge in [0, 0.05) is 12.0 Å². The number of anilines is 1. The van der Waals surface area contributed by atoms with E-state index in [1.807, 2.05) is 0 Å². The zero-order valence-corrected chi connectivity index (χ0v) is 10.5. The van der Waals surface area contributed by atoms with Crippen molar-refractivity contribution < 1.29 is 9.53 Å². The van der Waals surface area contributed by atoms with E-state index in [1.165, 1.54) is 13.2 Å². The largest absolute Gasteiger partial charge is 0.481 e. The number of hydrogen-bond acceptors (Lipinski definition) is 5. The molecule has 0 aromatic carbocycles.